The lowest BCUT2D eigenvalue weighted by molar-refractivity contribution is 0.107. The van der Waals surface area contributed by atoms with Gasteiger partial charge in [0, 0.05) is 31.8 Å². The first-order valence-electron chi connectivity index (χ1n) is 14.1. The van der Waals surface area contributed by atoms with E-state index in [0.29, 0.717) is 44.9 Å². The second-order valence-corrected chi connectivity index (χ2v) is 10.5. The molecule has 0 aromatic heterocycles. The van der Waals surface area contributed by atoms with Crippen LogP contribution in [0, 0.1) is 5.92 Å². The van der Waals surface area contributed by atoms with Gasteiger partial charge in [-0.1, -0.05) is 90.1 Å². The molecule has 1 amide bonds. The van der Waals surface area contributed by atoms with E-state index in [9.17, 15) is 15.1 Å². The van der Waals surface area contributed by atoms with Crippen molar-refractivity contribution >= 4 is 22.6 Å². The zero-order valence-electron chi connectivity index (χ0n) is 23.1. The highest BCUT2D eigenvalue weighted by molar-refractivity contribution is 5.91. The van der Waals surface area contributed by atoms with E-state index in [0.717, 1.165) is 39.6 Å². The highest BCUT2D eigenvalue weighted by Gasteiger charge is 2.36. The number of likely N-dealkylation sites (tertiary alicyclic amines) is 1. The number of piperidine rings is 1. The number of amides is 1. The van der Waals surface area contributed by atoms with Gasteiger partial charge < -0.3 is 24.7 Å². The molecule has 7 nitrogen and oxygen atoms in total. The van der Waals surface area contributed by atoms with E-state index in [-0.39, 0.29) is 18.4 Å². The zero-order valence-corrected chi connectivity index (χ0v) is 23.1. The summed E-state index contributed by atoms with van der Waals surface area (Å²) in [6.45, 7) is 2.50. The van der Waals surface area contributed by atoms with E-state index in [4.69, 9.17) is 9.47 Å². The normalized spacial score (nSPS) is 17.5. The van der Waals surface area contributed by atoms with Gasteiger partial charge in [0.05, 0.1) is 25.5 Å². The van der Waals surface area contributed by atoms with Gasteiger partial charge in [-0.05, 0) is 51.9 Å². The van der Waals surface area contributed by atoms with E-state index < -0.39 is 6.09 Å². The molecule has 1 saturated heterocycles. The summed E-state index contributed by atoms with van der Waals surface area (Å²) in [5.74, 6) is 0.561. The molecular weight excluding hydrogens is 516 g/mol. The topological polar surface area (TPSA) is 91.6 Å². The maximum atomic E-state index is 11.8. The Morgan fingerprint density at radius 2 is 1.63 bits per heavy atom. The lowest BCUT2D eigenvalue weighted by atomic mass is 9.76. The van der Waals surface area contributed by atoms with Crippen molar-refractivity contribution in [3.63, 3.8) is 0 Å². The Morgan fingerprint density at radius 1 is 0.878 bits per heavy atom. The predicted molar refractivity (Wildman–Crippen MR) is 160 cm³/mol. The molecule has 1 fully saturated rings. The smallest absolute Gasteiger partial charge is 0.407 e. The Labute approximate surface area is 240 Å². The summed E-state index contributed by atoms with van der Waals surface area (Å²) < 4.78 is 11.7. The SMILES string of the molecule is O=C(O)N1CCC(c2ccc(OCCCOCc3ccccc3)cc2)C(C(Cc2ccc3ccccc3c2)=NO)C1. The summed E-state index contributed by atoms with van der Waals surface area (Å²) in [5.41, 5.74) is 3.85. The van der Waals surface area contributed by atoms with Crippen LogP contribution in [-0.2, 0) is 17.8 Å². The standard InChI is InChI=1S/C34H36N2O5/c37-34(38)36-18-17-31(32(23-36)33(35-39)22-26-11-12-27-9-4-5-10-29(27)21-26)28-13-15-30(16-14-28)41-20-6-19-40-24-25-7-2-1-3-8-25/h1-5,7-16,21,31-32,39H,6,17-20,22-24H2,(H,37,38). The van der Waals surface area contributed by atoms with E-state index >= 15 is 0 Å². The van der Waals surface area contributed by atoms with Gasteiger partial charge in [0.15, 0.2) is 0 Å². The van der Waals surface area contributed by atoms with Crippen LogP contribution in [0.25, 0.3) is 10.8 Å². The molecule has 2 N–H and O–H groups in total. The maximum Gasteiger partial charge on any atom is 0.407 e. The summed E-state index contributed by atoms with van der Waals surface area (Å²) in [5, 5.41) is 25.8. The Hall–Kier alpha value is -4.36. The molecule has 7 heteroatoms. The van der Waals surface area contributed by atoms with Crippen LogP contribution in [0.4, 0.5) is 4.79 Å². The first kappa shape index (κ1) is 28.2. The monoisotopic (exact) mass is 552 g/mol. The number of carbonyl (C=O) groups is 1. The molecule has 2 unspecified atom stereocenters. The van der Waals surface area contributed by atoms with Gasteiger partial charge in [0.2, 0.25) is 0 Å². The molecule has 1 aliphatic rings. The lowest BCUT2D eigenvalue weighted by Crippen LogP contribution is -2.45. The summed E-state index contributed by atoms with van der Waals surface area (Å²) >= 11 is 0. The van der Waals surface area contributed by atoms with E-state index in [1.807, 2.05) is 72.8 Å². The van der Waals surface area contributed by atoms with Crippen LogP contribution in [0.2, 0.25) is 0 Å². The lowest BCUT2D eigenvalue weighted by Gasteiger charge is -2.38. The molecule has 0 saturated carbocycles. The fourth-order valence-corrected chi connectivity index (χ4v) is 5.59. The van der Waals surface area contributed by atoms with Crippen LogP contribution in [0.5, 0.6) is 5.75 Å². The Balaban J connectivity index is 1.21. The summed E-state index contributed by atoms with van der Waals surface area (Å²) in [7, 11) is 0. The number of benzene rings is 4. The predicted octanol–water partition coefficient (Wildman–Crippen LogP) is 6.98. The summed E-state index contributed by atoms with van der Waals surface area (Å²) in [6.07, 6.45) is 0.930. The first-order valence-corrected chi connectivity index (χ1v) is 14.1. The van der Waals surface area contributed by atoms with Crippen molar-refractivity contribution in [1.82, 2.24) is 4.90 Å². The van der Waals surface area contributed by atoms with Crippen molar-refractivity contribution in [3.8, 4) is 5.75 Å². The van der Waals surface area contributed by atoms with E-state index in [2.05, 4.69) is 29.4 Å². The van der Waals surface area contributed by atoms with Crippen LogP contribution in [-0.4, -0.2) is 53.3 Å². The number of fused-ring (bicyclic) bond motifs is 1. The van der Waals surface area contributed by atoms with Gasteiger partial charge in [-0.2, -0.15) is 0 Å². The molecule has 2 atom stereocenters. The highest BCUT2D eigenvalue weighted by atomic mass is 16.5. The number of hydrogen-bond donors (Lipinski definition) is 2. The second-order valence-electron chi connectivity index (χ2n) is 10.5. The highest BCUT2D eigenvalue weighted by Crippen LogP contribution is 2.36. The number of oxime groups is 1. The van der Waals surface area contributed by atoms with Gasteiger partial charge in [-0.15, -0.1) is 0 Å². The quantitative estimate of drug-likeness (QED) is 0.0906. The first-order chi connectivity index (χ1) is 20.1. The Morgan fingerprint density at radius 3 is 2.39 bits per heavy atom. The van der Waals surface area contributed by atoms with Gasteiger partial charge in [0.1, 0.15) is 5.75 Å². The number of carboxylic acid groups (broad SMARTS) is 1. The summed E-state index contributed by atoms with van der Waals surface area (Å²) in [6, 6.07) is 32.4. The molecule has 4 aromatic carbocycles. The molecule has 212 valence electrons. The van der Waals surface area contributed by atoms with Gasteiger partial charge in [-0.3, -0.25) is 0 Å². The molecule has 4 aromatic rings. The van der Waals surface area contributed by atoms with Gasteiger partial charge in [-0.25, -0.2) is 4.79 Å². The third-order valence-electron chi connectivity index (χ3n) is 7.76. The average Bonchev–Trinajstić information content (AvgIpc) is 3.02. The third kappa shape index (κ3) is 7.44. The Kier molecular flexibility index (Phi) is 9.49. The van der Waals surface area contributed by atoms with Gasteiger partial charge in [0.25, 0.3) is 0 Å². The fourth-order valence-electron chi connectivity index (χ4n) is 5.59. The zero-order chi connectivity index (χ0) is 28.4. The van der Waals surface area contributed by atoms with Crippen molar-refractivity contribution in [3.05, 3.63) is 114 Å². The van der Waals surface area contributed by atoms with Crippen LogP contribution < -0.4 is 4.74 Å². The largest absolute Gasteiger partial charge is 0.494 e. The minimum Gasteiger partial charge on any atom is -0.494 e. The van der Waals surface area contributed by atoms with E-state index in [1.54, 1.807) is 0 Å². The van der Waals surface area contributed by atoms with Crippen LogP contribution in [0.15, 0.2) is 102 Å². The molecule has 5 rings (SSSR count). The molecular formula is C34H36N2O5. The minimum atomic E-state index is -0.951. The van der Waals surface area contributed by atoms with Crippen LogP contribution in [0.3, 0.4) is 0 Å². The molecule has 1 heterocycles. The van der Waals surface area contributed by atoms with Crippen LogP contribution >= 0.6 is 0 Å². The summed E-state index contributed by atoms with van der Waals surface area (Å²) in [4.78, 5) is 13.3. The molecule has 0 bridgehead atoms. The maximum absolute atomic E-state index is 11.8. The molecule has 0 aliphatic carbocycles. The van der Waals surface area contributed by atoms with Crippen molar-refractivity contribution in [1.29, 1.82) is 0 Å². The number of rotatable bonds is 11. The van der Waals surface area contributed by atoms with Crippen molar-refractivity contribution < 1.29 is 24.6 Å². The van der Waals surface area contributed by atoms with Gasteiger partial charge >= 0.3 is 6.09 Å². The molecule has 41 heavy (non-hydrogen) atoms. The number of ether oxygens (including phenoxy) is 2. The van der Waals surface area contributed by atoms with E-state index in [1.165, 1.54) is 4.90 Å². The van der Waals surface area contributed by atoms with Crippen molar-refractivity contribution in [2.75, 3.05) is 26.3 Å². The average molecular weight is 553 g/mol. The minimum absolute atomic E-state index is 0.0254. The second kappa shape index (κ2) is 13.8. The van der Waals surface area contributed by atoms with Crippen molar-refractivity contribution in [2.45, 2.75) is 31.8 Å². The van der Waals surface area contributed by atoms with Crippen molar-refractivity contribution in [2.24, 2.45) is 11.1 Å². The fraction of sp³-hybridized carbons (Fsp3) is 0.294. The number of hydrogen-bond acceptors (Lipinski definition) is 5. The Bertz CT molecular complexity index is 1460. The third-order valence-corrected chi connectivity index (χ3v) is 7.76. The molecule has 0 radical (unpaired) electrons. The number of nitrogens with zero attached hydrogens (tertiary/aromatic N) is 2. The van der Waals surface area contributed by atoms with Crippen LogP contribution in [0.1, 0.15) is 35.4 Å². The molecule has 0 spiro atoms. The molecule has 1 aliphatic heterocycles.